The Balaban J connectivity index is 2.16. The number of fused-ring (bicyclic) bond motifs is 1. The van der Waals surface area contributed by atoms with E-state index < -0.39 is 6.36 Å². The fourth-order valence-corrected chi connectivity index (χ4v) is 3.01. The van der Waals surface area contributed by atoms with Crippen LogP contribution in [-0.4, -0.2) is 18.0 Å². The van der Waals surface area contributed by atoms with Gasteiger partial charge in [-0.1, -0.05) is 0 Å². The summed E-state index contributed by atoms with van der Waals surface area (Å²) < 4.78 is 48.1. The van der Waals surface area contributed by atoms with Crippen LogP contribution in [0.25, 0.3) is 22.2 Å². The van der Waals surface area contributed by atoms with Crippen molar-refractivity contribution in [1.82, 2.24) is 4.57 Å². The summed E-state index contributed by atoms with van der Waals surface area (Å²) in [6, 6.07) is 13.1. The monoisotopic (exact) mass is 360 g/mol. The van der Waals surface area contributed by atoms with E-state index in [1.807, 2.05) is 23.6 Å². The van der Waals surface area contributed by atoms with Gasteiger partial charge in [0, 0.05) is 18.0 Å². The fourth-order valence-electron chi connectivity index (χ4n) is 3.01. The number of benzene rings is 2. The summed E-state index contributed by atoms with van der Waals surface area (Å²) in [6.45, 7) is 2.52. The highest BCUT2D eigenvalue weighted by Gasteiger charge is 2.31. The molecule has 0 saturated carbocycles. The molecule has 3 rings (SSSR count). The van der Waals surface area contributed by atoms with E-state index in [0.717, 1.165) is 10.9 Å². The summed E-state index contributed by atoms with van der Waals surface area (Å²) in [5.74, 6) is 0.357. The minimum atomic E-state index is -4.74. The first-order valence-electron chi connectivity index (χ1n) is 7.84. The molecule has 2 aromatic carbocycles. The lowest BCUT2D eigenvalue weighted by molar-refractivity contribution is -0.274. The van der Waals surface area contributed by atoms with Crippen molar-refractivity contribution in [2.24, 2.45) is 0 Å². The molecule has 0 aliphatic rings. The first kappa shape index (κ1) is 17.7. The number of hydrogen-bond acceptors (Lipinski definition) is 3. The molecule has 0 bridgehead atoms. The maximum Gasteiger partial charge on any atom is 0.573 e. The van der Waals surface area contributed by atoms with Crippen molar-refractivity contribution >= 4 is 10.9 Å². The lowest BCUT2D eigenvalue weighted by Crippen LogP contribution is -2.16. The zero-order valence-corrected chi connectivity index (χ0v) is 14.1. The molecule has 134 valence electrons. The molecule has 0 N–H and O–H groups in total. The maximum absolute atomic E-state index is 12.3. The predicted octanol–water partition coefficient (Wildman–Crippen LogP) is 5.11. The van der Waals surface area contributed by atoms with E-state index in [0.29, 0.717) is 29.1 Å². The number of aromatic nitrogens is 1. The lowest BCUT2D eigenvalue weighted by Gasteiger charge is -2.11. The normalized spacial score (nSPS) is 11.4. The summed E-state index contributed by atoms with van der Waals surface area (Å²) in [6.07, 6.45) is -4.74. The number of hydrogen-bond donors (Lipinski definition) is 0. The van der Waals surface area contributed by atoms with E-state index in [1.165, 1.54) is 24.3 Å². The molecule has 7 heteroatoms. The van der Waals surface area contributed by atoms with Crippen LogP contribution in [0.2, 0.25) is 0 Å². The van der Waals surface area contributed by atoms with Crippen LogP contribution in [0.5, 0.6) is 11.5 Å². The Morgan fingerprint density at radius 1 is 1.08 bits per heavy atom. The summed E-state index contributed by atoms with van der Waals surface area (Å²) in [5.41, 5.74) is 2.58. The number of alkyl halides is 3. The largest absolute Gasteiger partial charge is 0.573 e. The second-order valence-corrected chi connectivity index (χ2v) is 5.53. The molecule has 26 heavy (non-hydrogen) atoms. The SMILES string of the molecule is CCn1c(-c2ccc(OC(F)(F)F)cc2)c(C#N)c2ccc(OC)cc21. The Bertz CT molecular complexity index is 983. The average molecular weight is 360 g/mol. The van der Waals surface area contributed by atoms with E-state index >= 15 is 0 Å². The van der Waals surface area contributed by atoms with Gasteiger partial charge in [-0.3, -0.25) is 0 Å². The number of halogens is 3. The standard InChI is InChI=1S/C19H15F3N2O2/c1-3-24-17-10-14(25-2)8-9-15(17)16(11-23)18(24)12-4-6-13(7-5-12)26-19(20,21)22/h4-10H,3H2,1-2H3. The third-order valence-electron chi connectivity index (χ3n) is 4.06. The van der Waals surface area contributed by atoms with Gasteiger partial charge in [0.1, 0.15) is 17.6 Å². The predicted molar refractivity (Wildman–Crippen MR) is 91.0 cm³/mol. The topological polar surface area (TPSA) is 47.2 Å². The van der Waals surface area contributed by atoms with Crippen LogP contribution in [0.3, 0.4) is 0 Å². The molecule has 0 unspecified atom stereocenters. The number of nitriles is 1. The van der Waals surface area contributed by atoms with Gasteiger partial charge < -0.3 is 14.0 Å². The molecule has 0 fully saturated rings. The number of methoxy groups -OCH3 is 1. The average Bonchev–Trinajstić information content (AvgIpc) is 2.93. The van der Waals surface area contributed by atoms with Gasteiger partial charge in [0.05, 0.1) is 23.9 Å². The van der Waals surface area contributed by atoms with Crippen molar-refractivity contribution in [2.45, 2.75) is 19.8 Å². The third-order valence-corrected chi connectivity index (χ3v) is 4.06. The van der Waals surface area contributed by atoms with E-state index in [2.05, 4.69) is 10.8 Å². The summed E-state index contributed by atoms with van der Waals surface area (Å²) >= 11 is 0. The molecule has 0 radical (unpaired) electrons. The summed E-state index contributed by atoms with van der Waals surface area (Å²) in [7, 11) is 1.56. The first-order chi connectivity index (χ1) is 12.4. The Hall–Kier alpha value is -3.14. The van der Waals surface area contributed by atoms with Gasteiger partial charge >= 0.3 is 6.36 Å². The highest BCUT2D eigenvalue weighted by atomic mass is 19.4. The van der Waals surface area contributed by atoms with Gasteiger partial charge in [-0.05, 0) is 48.9 Å². The molecule has 0 atom stereocenters. The first-order valence-corrected chi connectivity index (χ1v) is 7.84. The molecule has 4 nitrogen and oxygen atoms in total. The smallest absolute Gasteiger partial charge is 0.497 e. The molecule has 0 spiro atoms. The molecule has 0 aliphatic carbocycles. The Morgan fingerprint density at radius 3 is 2.27 bits per heavy atom. The van der Waals surface area contributed by atoms with Gasteiger partial charge in [-0.2, -0.15) is 5.26 Å². The van der Waals surface area contributed by atoms with Gasteiger partial charge in [0.25, 0.3) is 0 Å². The van der Waals surface area contributed by atoms with Crippen LogP contribution in [-0.2, 0) is 6.54 Å². The second kappa shape index (κ2) is 6.64. The molecule has 0 saturated heterocycles. The van der Waals surface area contributed by atoms with E-state index in [4.69, 9.17) is 4.74 Å². The van der Waals surface area contributed by atoms with Crippen molar-refractivity contribution in [3.8, 4) is 28.8 Å². The van der Waals surface area contributed by atoms with Crippen LogP contribution in [0, 0.1) is 11.3 Å². The van der Waals surface area contributed by atoms with Crippen molar-refractivity contribution < 1.29 is 22.6 Å². The zero-order valence-electron chi connectivity index (χ0n) is 14.1. The van der Waals surface area contributed by atoms with Crippen molar-refractivity contribution in [2.75, 3.05) is 7.11 Å². The van der Waals surface area contributed by atoms with Gasteiger partial charge in [0.15, 0.2) is 0 Å². The molecular formula is C19H15F3N2O2. The van der Waals surface area contributed by atoms with Gasteiger partial charge in [-0.15, -0.1) is 13.2 Å². The third kappa shape index (κ3) is 3.18. The van der Waals surface area contributed by atoms with Crippen molar-refractivity contribution in [1.29, 1.82) is 5.26 Å². The van der Waals surface area contributed by atoms with Gasteiger partial charge in [-0.25, -0.2) is 0 Å². The van der Waals surface area contributed by atoms with Crippen LogP contribution < -0.4 is 9.47 Å². The zero-order chi connectivity index (χ0) is 18.9. The molecular weight excluding hydrogens is 345 g/mol. The van der Waals surface area contributed by atoms with Gasteiger partial charge in [0.2, 0.25) is 0 Å². The van der Waals surface area contributed by atoms with E-state index in [9.17, 15) is 18.4 Å². The van der Waals surface area contributed by atoms with E-state index in [1.54, 1.807) is 13.2 Å². The maximum atomic E-state index is 12.3. The van der Waals surface area contributed by atoms with Crippen LogP contribution in [0.1, 0.15) is 12.5 Å². The highest BCUT2D eigenvalue weighted by Crippen LogP contribution is 2.36. The quantitative estimate of drug-likeness (QED) is 0.650. The summed E-state index contributed by atoms with van der Waals surface area (Å²) in [4.78, 5) is 0. The van der Waals surface area contributed by atoms with Crippen LogP contribution in [0.4, 0.5) is 13.2 Å². The number of ether oxygens (including phenoxy) is 2. The molecule has 0 aliphatic heterocycles. The second-order valence-electron chi connectivity index (χ2n) is 5.53. The Kier molecular flexibility index (Phi) is 4.51. The lowest BCUT2D eigenvalue weighted by atomic mass is 10.1. The van der Waals surface area contributed by atoms with Crippen LogP contribution in [0.15, 0.2) is 42.5 Å². The van der Waals surface area contributed by atoms with Crippen LogP contribution >= 0.6 is 0 Å². The number of aryl methyl sites for hydroxylation is 1. The number of rotatable bonds is 4. The molecule has 3 aromatic rings. The highest BCUT2D eigenvalue weighted by molar-refractivity contribution is 5.95. The summed E-state index contributed by atoms with van der Waals surface area (Å²) in [5, 5.41) is 10.4. The molecule has 1 aromatic heterocycles. The number of nitrogens with zero attached hydrogens (tertiary/aromatic N) is 2. The minimum absolute atomic E-state index is 0.305. The minimum Gasteiger partial charge on any atom is -0.497 e. The van der Waals surface area contributed by atoms with Crippen molar-refractivity contribution in [3.05, 3.63) is 48.0 Å². The molecule has 1 heterocycles. The van der Waals surface area contributed by atoms with Crippen molar-refractivity contribution in [3.63, 3.8) is 0 Å². The molecule has 0 amide bonds. The Morgan fingerprint density at radius 2 is 1.73 bits per heavy atom. The van der Waals surface area contributed by atoms with E-state index in [-0.39, 0.29) is 5.75 Å². The fraction of sp³-hybridized carbons (Fsp3) is 0.211. The Labute approximate surface area is 148 Å².